The van der Waals surface area contributed by atoms with E-state index in [9.17, 15) is 28.8 Å². The highest BCUT2D eigenvalue weighted by atomic mass is 16.5. The molecule has 0 aliphatic carbocycles. The average molecular weight is 657 g/mol. The summed E-state index contributed by atoms with van der Waals surface area (Å²) in [7, 11) is 0. The minimum atomic E-state index is -1.30. The van der Waals surface area contributed by atoms with Gasteiger partial charge in [-0.1, -0.05) is 67.1 Å². The van der Waals surface area contributed by atoms with Gasteiger partial charge in [-0.3, -0.25) is 28.9 Å². The standard InChI is InChI=1S/C33H44N4O10/c38-28(20-37(21-29(39)40)22-30(41)42)36-27(16-9-11-19-35-33(45)47-24-26-14-6-2-7-15-26)32(44)34-18-10-3-8-17-31(43)46-23-25-12-4-1-5-13-25/h1-2,4-7,12-15,27H,3,8-11,16-24H2,(H,34,44)(H,35,45)(H,36,38)(H,39,40)(H,41,42)/t27-/m0/s1. The van der Waals surface area contributed by atoms with Crippen LogP contribution in [-0.4, -0.2) is 89.7 Å². The molecule has 0 bridgehead atoms. The van der Waals surface area contributed by atoms with Crippen LogP contribution in [0.3, 0.4) is 0 Å². The van der Waals surface area contributed by atoms with Gasteiger partial charge in [-0.05, 0) is 43.2 Å². The number of carbonyl (C=O) groups is 6. The Kier molecular flexibility index (Phi) is 18.3. The maximum Gasteiger partial charge on any atom is 0.407 e. The van der Waals surface area contributed by atoms with E-state index < -0.39 is 55.5 Å². The minimum absolute atomic E-state index is 0.125. The quantitative estimate of drug-likeness (QED) is 0.0869. The van der Waals surface area contributed by atoms with Gasteiger partial charge in [0.25, 0.3) is 0 Å². The topological polar surface area (TPSA) is 201 Å². The van der Waals surface area contributed by atoms with Crippen molar-refractivity contribution in [3.63, 3.8) is 0 Å². The van der Waals surface area contributed by atoms with Gasteiger partial charge in [0.2, 0.25) is 11.8 Å². The van der Waals surface area contributed by atoms with Crippen LogP contribution in [0.4, 0.5) is 4.79 Å². The van der Waals surface area contributed by atoms with E-state index in [4.69, 9.17) is 19.7 Å². The van der Waals surface area contributed by atoms with Crippen molar-refractivity contribution in [2.24, 2.45) is 0 Å². The highest BCUT2D eigenvalue weighted by Crippen LogP contribution is 2.07. The molecule has 0 unspecified atom stereocenters. The van der Waals surface area contributed by atoms with E-state index in [0.717, 1.165) is 16.0 Å². The van der Waals surface area contributed by atoms with Crippen LogP contribution in [0.2, 0.25) is 0 Å². The van der Waals surface area contributed by atoms with E-state index in [-0.39, 0.29) is 38.6 Å². The van der Waals surface area contributed by atoms with Crippen LogP contribution in [0.25, 0.3) is 0 Å². The van der Waals surface area contributed by atoms with Crippen LogP contribution in [0.15, 0.2) is 60.7 Å². The molecule has 0 radical (unpaired) electrons. The zero-order valence-electron chi connectivity index (χ0n) is 26.4. The summed E-state index contributed by atoms with van der Waals surface area (Å²) in [6.45, 7) is -0.956. The number of esters is 1. The normalized spacial score (nSPS) is 11.3. The first kappa shape index (κ1) is 38.2. The average Bonchev–Trinajstić information content (AvgIpc) is 3.03. The van der Waals surface area contributed by atoms with Gasteiger partial charge in [0.15, 0.2) is 0 Å². The smallest absolute Gasteiger partial charge is 0.407 e. The molecule has 0 aromatic heterocycles. The Morgan fingerprint density at radius 2 is 1.21 bits per heavy atom. The van der Waals surface area contributed by atoms with Crippen molar-refractivity contribution < 1.29 is 48.5 Å². The summed E-state index contributed by atoms with van der Waals surface area (Å²) in [5, 5.41) is 26.1. The number of alkyl carbamates (subject to hydrolysis) is 1. The molecule has 2 rings (SSSR count). The molecule has 47 heavy (non-hydrogen) atoms. The number of amides is 3. The zero-order valence-corrected chi connectivity index (χ0v) is 26.4. The molecule has 14 heteroatoms. The van der Waals surface area contributed by atoms with Crippen LogP contribution in [0.1, 0.15) is 56.1 Å². The van der Waals surface area contributed by atoms with E-state index in [0.29, 0.717) is 38.6 Å². The van der Waals surface area contributed by atoms with Crippen molar-refractivity contribution in [1.29, 1.82) is 0 Å². The third kappa shape index (κ3) is 18.6. The van der Waals surface area contributed by atoms with Gasteiger partial charge in [0, 0.05) is 19.5 Å². The number of carboxylic acid groups (broad SMARTS) is 2. The summed E-state index contributed by atoms with van der Waals surface area (Å²) < 4.78 is 10.4. The largest absolute Gasteiger partial charge is 0.480 e. The summed E-state index contributed by atoms with van der Waals surface area (Å²) in [5.41, 5.74) is 1.75. The summed E-state index contributed by atoms with van der Waals surface area (Å²) in [6.07, 6.45) is 2.61. The Morgan fingerprint density at radius 3 is 1.81 bits per heavy atom. The summed E-state index contributed by atoms with van der Waals surface area (Å²) in [5.74, 6) is -4.07. The lowest BCUT2D eigenvalue weighted by Crippen LogP contribution is -2.50. The van der Waals surface area contributed by atoms with Gasteiger partial charge < -0.3 is 35.6 Å². The predicted molar refractivity (Wildman–Crippen MR) is 170 cm³/mol. The van der Waals surface area contributed by atoms with Crippen molar-refractivity contribution in [3.05, 3.63) is 71.8 Å². The fourth-order valence-electron chi connectivity index (χ4n) is 4.42. The maximum atomic E-state index is 13.0. The van der Waals surface area contributed by atoms with Crippen LogP contribution in [-0.2, 0) is 46.7 Å². The number of rotatable bonds is 23. The van der Waals surface area contributed by atoms with Crippen LogP contribution >= 0.6 is 0 Å². The van der Waals surface area contributed by atoms with Crippen molar-refractivity contribution in [1.82, 2.24) is 20.9 Å². The highest BCUT2D eigenvalue weighted by Gasteiger charge is 2.23. The number of hydrogen-bond donors (Lipinski definition) is 5. The fourth-order valence-corrected chi connectivity index (χ4v) is 4.42. The number of hydrogen-bond acceptors (Lipinski definition) is 9. The molecule has 14 nitrogen and oxygen atoms in total. The number of ether oxygens (including phenoxy) is 2. The van der Waals surface area contributed by atoms with Crippen molar-refractivity contribution in [3.8, 4) is 0 Å². The number of benzene rings is 2. The molecule has 2 aromatic rings. The van der Waals surface area contributed by atoms with Gasteiger partial charge >= 0.3 is 24.0 Å². The first-order valence-electron chi connectivity index (χ1n) is 15.5. The first-order chi connectivity index (χ1) is 22.6. The molecule has 0 aliphatic rings. The van der Waals surface area contributed by atoms with Gasteiger partial charge in [-0.15, -0.1) is 0 Å². The molecule has 256 valence electrons. The molecule has 2 aromatic carbocycles. The molecular formula is C33H44N4O10. The monoisotopic (exact) mass is 656 g/mol. The third-order valence-corrected chi connectivity index (χ3v) is 6.74. The highest BCUT2D eigenvalue weighted by molar-refractivity contribution is 5.88. The third-order valence-electron chi connectivity index (χ3n) is 6.74. The van der Waals surface area contributed by atoms with E-state index in [2.05, 4.69) is 16.0 Å². The number of carboxylic acids is 2. The Hall–Kier alpha value is -4.98. The Balaban J connectivity index is 1.77. The van der Waals surface area contributed by atoms with Crippen molar-refractivity contribution in [2.45, 2.75) is 64.2 Å². The summed E-state index contributed by atoms with van der Waals surface area (Å²) in [6, 6.07) is 17.6. The molecule has 0 spiro atoms. The number of nitrogens with one attached hydrogen (secondary N) is 3. The molecule has 1 atom stereocenters. The van der Waals surface area contributed by atoms with Crippen molar-refractivity contribution >= 4 is 35.8 Å². The van der Waals surface area contributed by atoms with Crippen molar-refractivity contribution in [2.75, 3.05) is 32.7 Å². The molecular weight excluding hydrogens is 612 g/mol. The van der Waals surface area contributed by atoms with Gasteiger partial charge in [-0.25, -0.2) is 4.79 Å². The zero-order chi connectivity index (χ0) is 34.3. The SMILES string of the molecule is O=C(O)CN(CC(=O)O)CC(=O)N[C@@H](CCCCNC(=O)OCc1ccccc1)C(=O)NCCCCCC(=O)OCc1ccccc1. The van der Waals surface area contributed by atoms with E-state index in [1.807, 2.05) is 60.7 Å². The molecule has 0 fully saturated rings. The summed E-state index contributed by atoms with van der Waals surface area (Å²) in [4.78, 5) is 72.8. The number of nitrogens with zero attached hydrogens (tertiary/aromatic N) is 1. The van der Waals surface area contributed by atoms with Gasteiger partial charge in [0.1, 0.15) is 19.3 Å². The number of unbranched alkanes of at least 4 members (excludes halogenated alkanes) is 3. The van der Waals surface area contributed by atoms with E-state index >= 15 is 0 Å². The Bertz CT molecular complexity index is 1260. The van der Waals surface area contributed by atoms with Crippen LogP contribution in [0, 0.1) is 0 Å². The van der Waals surface area contributed by atoms with Gasteiger partial charge in [-0.2, -0.15) is 0 Å². The minimum Gasteiger partial charge on any atom is -0.480 e. The van der Waals surface area contributed by atoms with Crippen LogP contribution in [0.5, 0.6) is 0 Å². The Labute approximate surface area is 273 Å². The molecule has 0 heterocycles. The Morgan fingerprint density at radius 1 is 0.660 bits per heavy atom. The second-order valence-electron chi connectivity index (χ2n) is 10.8. The lowest BCUT2D eigenvalue weighted by Gasteiger charge is -2.22. The first-order valence-corrected chi connectivity index (χ1v) is 15.5. The molecule has 0 aliphatic heterocycles. The lowest BCUT2D eigenvalue weighted by atomic mass is 10.1. The number of carbonyl (C=O) groups excluding carboxylic acids is 4. The fraction of sp³-hybridized carbons (Fsp3) is 0.455. The molecule has 3 amide bonds. The summed E-state index contributed by atoms with van der Waals surface area (Å²) >= 11 is 0. The number of aliphatic carboxylic acids is 2. The van der Waals surface area contributed by atoms with Gasteiger partial charge in [0.05, 0.1) is 19.6 Å². The van der Waals surface area contributed by atoms with Crippen LogP contribution < -0.4 is 16.0 Å². The lowest BCUT2D eigenvalue weighted by molar-refractivity contribution is -0.145. The second-order valence-corrected chi connectivity index (χ2v) is 10.8. The van der Waals surface area contributed by atoms with E-state index in [1.165, 1.54) is 0 Å². The van der Waals surface area contributed by atoms with E-state index in [1.54, 1.807) is 0 Å². The second kappa shape index (κ2) is 22.5. The predicted octanol–water partition coefficient (Wildman–Crippen LogP) is 2.46. The molecule has 0 saturated carbocycles. The molecule has 5 N–H and O–H groups in total. The maximum absolute atomic E-state index is 13.0. The molecule has 0 saturated heterocycles.